The van der Waals surface area contributed by atoms with Gasteiger partial charge in [0.2, 0.25) is 18.5 Å². The molecule has 3 aliphatic rings. The van der Waals surface area contributed by atoms with Gasteiger partial charge in [0.25, 0.3) is 11.8 Å². The van der Waals surface area contributed by atoms with Crippen LogP contribution in [0.3, 0.4) is 0 Å². The van der Waals surface area contributed by atoms with Gasteiger partial charge in [-0.3, -0.25) is 33.7 Å². The summed E-state index contributed by atoms with van der Waals surface area (Å²) < 4.78 is -1.39. The number of nitrogens with one attached hydrogen (secondary N) is 2. The number of carbonyl (C=O) groups is 7. The predicted molar refractivity (Wildman–Crippen MR) is 138 cm³/mol. The van der Waals surface area contributed by atoms with Gasteiger partial charge in [-0.15, -0.1) is 11.8 Å². The lowest BCUT2D eigenvalue weighted by molar-refractivity contribution is -0.181. The Morgan fingerprint density at radius 2 is 1.83 bits per heavy atom. The lowest BCUT2D eigenvalue weighted by Gasteiger charge is -2.50. The van der Waals surface area contributed by atoms with Crippen molar-refractivity contribution < 1.29 is 48.9 Å². The van der Waals surface area contributed by atoms with Crippen molar-refractivity contribution in [2.45, 2.75) is 48.6 Å². The van der Waals surface area contributed by atoms with E-state index in [0.29, 0.717) is 11.4 Å². The molecule has 0 bridgehead atoms. The topological polar surface area (TPSA) is 217 Å². The zero-order chi connectivity index (χ0) is 30.4. The van der Waals surface area contributed by atoms with Crippen LogP contribution in [0.15, 0.2) is 18.2 Å². The lowest BCUT2D eigenvalue weighted by atomic mass is 9.88. The smallest absolute Gasteiger partial charge is 0.352 e. The third-order valence-electron chi connectivity index (χ3n) is 7.44. The molecule has 3 fully saturated rings. The molecule has 3 aliphatic heterocycles. The number of hydrogen-bond donors (Lipinski definition) is 5. The Kier molecular flexibility index (Phi) is 7.51. The Hall–Kier alpha value is -4.54. The highest BCUT2D eigenvalue weighted by Gasteiger charge is 2.74. The molecule has 220 valence electrons. The number of benzene rings is 1. The molecule has 4 rings (SSSR count). The average Bonchev–Trinajstić information content (AvgIpc) is 3.13. The molecular formula is C24H28N6O10S. The van der Waals surface area contributed by atoms with Crippen molar-refractivity contribution in [3.63, 3.8) is 0 Å². The molecule has 0 saturated carbocycles. The number of piperazine rings is 1. The maximum atomic E-state index is 14.1. The number of hydrogen-bond acceptors (Lipinski definition) is 10. The van der Waals surface area contributed by atoms with Crippen molar-refractivity contribution in [2.24, 2.45) is 0 Å². The van der Waals surface area contributed by atoms with E-state index in [1.54, 1.807) is 6.92 Å². The minimum atomic E-state index is -2.38. The largest absolute Gasteiger partial charge is 0.504 e. The highest BCUT2D eigenvalue weighted by Crippen LogP contribution is 2.55. The molecule has 3 heterocycles. The van der Waals surface area contributed by atoms with Gasteiger partial charge in [-0.1, -0.05) is 6.07 Å². The Labute approximate surface area is 237 Å². The molecule has 1 aromatic carbocycles. The van der Waals surface area contributed by atoms with Crippen LogP contribution in [0, 0.1) is 0 Å². The number of amides is 6. The Balaban J connectivity index is 1.79. The van der Waals surface area contributed by atoms with Crippen molar-refractivity contribution in [2.75, 3.05) is 19.6 Å². The first-order chi connectivity index (χ1) is 19.3. The van der Waals surface area contributed by atoms with Gasteiger partial charge in [-0.2, -0.15) is 0 Å². The van der Waals surface area contributed by atoms with Gasteiger partial charge in [0.1, 0.15) is 11.4 Å². The summed E-state index contributed by atoms with van der Waals surface area (Å²) >= 11 is 1.02. The fourth-order valence-corrected chi connectivity index (χ4v) is 7.00. The standard InChI is InChI=1S/C24H28N6O10S/c1-4-27-7-8-28(20(38)19(27)37)29(11-32)16(12-5-6-13(33)14(34)9-12)17(35)26-24(22(39)40)23(2,3)41-21-15(25-10-31)18(36)30(21)24/h5-6,9-11,15-16,21,33-34H,4,7-8H2,1-3H3,(H,25,31)(H,26,35)(H,39,40)/t15-,16?,21-,24+/m1/s1. The van der Waals surface area contributed by atoms with E-state index in [-0.39, 0.29) is 31.6 Å². The molecule has 6 amide bonds. The summed E-state index contributed by atoms with van der Waals surface area (Å²) in [6.07, 6.45) is 0.406. The van der Waals surface area contributed by atoms with Crippen LogP contribution in [0.2, 0.25) is 0 Å². The summed E-state index contributed by atoms with van der Waals surface area (Å²) in [6, 6.07) is 0.232. The molecule has 4 atom stereocenters. The lowest BCUT2D eigenvalue weighted by Crippen LogP contribution is -2.80. The van der Waals surface area contributed by atoms with Crippen LogP contribution in [0.1, 0.15) is 32.4 Å². The van der Waals surface area contributed by atoms with E-state index in [4.69, 9.17) is 0 Å². The number of nitrogens with zero attached hydrogens (tertiary/aromatic N) is 4. The van der Waals surface area contributed by atoms with E-state index < -0.39 is 69.0 Å². The van der Waals surface area contributed by atoms with Gasteiger partial charge < -0.3 is 30.9 Å². The van der Waals surface area contributed by atoms with Gasteiger partial charge in [-0.05, 0) is 38.5 Å². The van der Waals surface area contributed by atoms with E-state index in [1.807, 2.05) is 0 Å². The van der Waals surface area contributed by atoms with E-state index in [0.717, 1.165) is 39.9 Å². The van der Waals surface area contributed by atoms with Crippen LogP contribution in [0.25, 0.3) is 0 Å². The first-order valence-corrected chi connectivity index (χ1v) is 13.3. The third kappa shape index (κ3) is 4.36. The molecule has 0 radical (unpaired) electrons. The van der Waals surface area contributed by atoms with Crippen molar-refractivity contribution in [1.29, 1.82) is 0 Å². The molecule has 0 spiro atoms. The molecule has 1 unspecified atom stereocenters. The SMILES string of the molecule is CCN1CCN(N(C=O)C(C(=O)N[C@@]2(C(=O)O)N3C(=O)[C@@H](NC=O)[C@H]3SC2(C)C)c2ccc(O)c(O)c2)C(=O)C1=O. The molecule has 1 aromatic rings. The van der Waals surface area contributed by atoms with Crippen LogP contribution in [0.5, 0.6) is 11.5 Å². The highest BCUT2D eigenvalue weighted by molar-refractivity contribution is 8.01. The van der Waals surface area contributed by atoms with E-state index in [9.17, 15) is 48.9 Å². The molecule has 16 nitrogen and oxygen atoms in total. The van der Waals surface area contributed by atoms with Gasteiger partial charge in [0.15, 0.2) is 17.5 Å². The van der Waals surface area contributed by atoms with Crippen LogP contribution in [-0.4, -0.2) is 119 Å². The van der Waals surface area contributed by atoms with Gasteiger partial charge >= 0.3 is 17.8 Å². The van der Waals surface area contributed by atoms with Crippen LogP contribution in [0.4, 0.5) is 0 Å². The fraction of sp³-hybridized carbons (Fsp3) is 0.458. The van der Waals surface area contributed by atoms with Crippen molar-refractivity contribution >= 4 is 54.2 Å². The number of likely N-dealkylation sites (N-methyl/N-ethyl adjacent to an activating group) is 1. The zero-order valence-electron chi connectivity index (χ0n) is 22.1. The van der Waals surface area contributed by atoms with Crippen molar-refractivity contribution in [3.8, 4) is 11.5 Å². The number of aromatic hydroxyl groups is 2. The molecule has 3 saturated heterocycles. The summed E-state index contributed by atoms with van der Waals surface area (Å²) in [5.41, 5.74) is -2.54. The fourth-order valence-electron chi connectivity index (χ4n) is 5.29. The number of hydrazine groups is 1. The zero-order valence-corrected chi connectivity index (χ0v) is 23.0. The van der Waals surface area contributed by atoms with Crippen LogP contribution in [-0.2, 0) is 33.6 Å². The Bertz CT molecular complexity index is 1340. The maximum absolute atomic E-state index is 14.1. The number of β-lactam (4-membered cyclic amide) rings is 1. The van der Waals surface area contributed by atoms with Gasteiger partial charge in [0.05, 0.1) is 11.3 Å². The second kappa shape index (κ2) is 10.5. The molecular weight excluding hydrogens is 564 g/mol. The van der Waals surface area contributed by atoms with E-state index >= 15 is 0 Å². The number of phenols is 2. The first kappa shape index (κ1) is 29.4. The molecule has 17 heteroatoms. The highest BCUT2D eigenvalue weighted by atomic mass is 32.2. The van der Waals surface area contributed by atoms with Crippen LogP contribution >= 0.6 is 11.8 Å². The van der Waals surface area contributed by atoms with E-state index in [1.165, 1.54) is 18.7 Å². The number of carboxylic acids is 1. The summed E-state index contributed by atoms with van der Waals surface area (Å²) in [7, 11) is 0. The van der Waals surface area contributed by atoms with Gasteiger partial charge in [-0.25, -0.2) is 14.8 Å². The summed E-state index contributed by atoms with van der Waals surface area (Å²) in [5.74, 6) is -6.88. The summed E-state index contributed by atoms with van der Waals surface area (Å²) in [6.45, 7) is 4.65. The van der Waals surface area contributed by atoms with Crippen molar-refractivity contribution in [1.82, 2.24) is 30.5 Å². The number of aliphatic carboxylic acids is 1. The summed E-state index contributed by atoms with van der Waals surface area (Å²) in [4.78, 5) is 91.1. The normalized spacial score (nSPS) is 25.6. The molecule has 5 N–H and O–H groups in total. The van der Waals surface area contributed by atoms with Gasteiger partial charge in [0, 0.05) is 13.1 Å². The second-order valence-electron chi connectivity index (χ2n) is 9.94. The quantitative estimate of drug-likeness (QED) is 0.0859. The van der Waals surface area contributed by atoms with Crippen LogP contribution < -0.4 is 10.6 Å². The Morgan fingerprint density at radius 1 is 1.15 bits per heavy atom. The van der Waals surface area contributed by atoms with Crippen molar-refractivity contribution in [3.05, 3.63) is 23.8 Å². The monoisotopic (exact) mass is 592 g/mol. The minimum absolute atomic E-state index is 0.0262. The number of thioether (sulfide) groups is 1. The molecule has 0 aliphatic carbocycles. The number of fused-ring (bicyclic) bond motifs is 1. The second-order valence-corrected chi connectivity index (χ2v) is 11.7. The third-order valence-corrected chi connectivity index (χ3v) is 9.04. The average molecular weight is 593 g/mol. The maximum Gasteiger partial charge on any atom is 0.352 e. The summed E-state index contributed by atoms with van der Waals surface area (Å²) in [5, 5.41) is 35.6. The minimum Gasteiger partial charge on any atom is -0.504 e. The molecule has 41 heavy (non-hydrogen) atoms. The predicted octanol–water partition coefficient (Wildman–Crippen LogP) is -2.09. The Morgan fingerprint density at radius 3 is 2.39 bits per heavy atom. The number of rotatable bonds is 10. The number of phenolic OH excluding ortho intramolecular Hbond substituents is 2. The molecule has 0 aromatic heterocycles. The first-order valence-electron chi connectivity index (χ1n) is 12.4. The van der Waals surface area contributed by atoms with E-state index in [2.05, 4.69) is 10.6 Å². The number of carbonyl (C=O) groups excluding carboxylic acids is 6. The number of carboxylic acid groups (broad SMARTS) is 1.